The second kappa shape index (κ2) is 7.78. The van der Waals surface area contributed by atoms with Crippen LogP contribution in [0.5, 0.6) is 0 Å². The molecule has 156 valence electrons. The molecule has 1 aliphatic rings. The average molecular weight is 406 g/mol. The van der Waals surface area contributed by atoms with Gasteiger partial charge in [0, 0.05) is 56.2 Å². The number of nitrogens with zero attached hydrogens (tertiary/aromatic N) is 4. The Balaban J connectivity index is 1.66. The number of piperazine rings is 1. The third-order valence-corrected chi connectivity index (χ3v) is 5.47. The van der Waals surface area contributed by atoms with Crippen molar-refractivity contribution >= 4 is 34.4 Å². The SMILES string of the molecule is CC(=O)Nc1cnc2[nH]cc(-c3cccc(N4C[C@@H](C)N(C(C)=O)[C@@H](C)C4)n3)c2c1. The first-order chi connectivity index (χ1) is 14.3. The van der Waals surface area contributed by atoms with Gasteiger partial charge in [-0.15, -0.1) is 0 Å². The molecule has 0 radical (unpaired) electrons. The third-order valence-electron chi connectivity index (χ3n) is 5.47. The standard InChI is InChI=1S/C22H26N6O2/c1-13-11-27(12-14(2)28(13)16(4)30)21-7-5-6-20(26-21)19-10-24-22-18(19)8-17(9-23-22)25-15(3)29/h5-10,13-14H,11-12H2,1-4H3,(H,23,24)(H,25,29)/t13-,14+. The maximum Gasteiger partial charge on any atom is 0.221 e. The van der Waals surface area contributed by atoms with Crippen LogP contribution in [0.3, 0.4) is 0 Å². The highest BCUT2D eigenvalue weighted by atomic mass is 16.2. The van der Waals surface area contributed by atoms with Crippen LogP contribution in [-0.2, 0) is 9.59 Å². The predicted molar refractivity (Wildman–Crippen MR) is 117 cm³/mol. The number of carbonyl (C=O) groups excluding carboxylic acids is 2. The van der Waals surface area contributed by atoms with Gasteiger partial charge in [0.15, 0.2) is 0 Å². The molecule has 1 fully saturated rings. The lowest BCUT2D eigenvalue weighted by atomic mass is 10.1. The lowest BCUT2D eigenvalue weighted by Gasteiger charge is -2.44. The number of nitrogens with one attached hydrogen (secondary N) is 2. The summed E-state index contributed by atoms with van der Waals surface area (Å²) in [7, 11) is 0. The molecule has 2 atom stereocenters. The van der Waals surface area contributed by atoms with Crippen LogP contribution in [-0.4, -0.2) is 56.8 Å². The van der Waals surface area contributed by atoms with Crippen molar-refractivity contribution < 1.29 is 9.59 Å². The van der Waals surface area contributed by atoms with Crippen LogP contribution in [0.25, 0.3) is 22.3 Å². The number of aromatic nitrogens is 3. The van der Waals surface area contributed by atoms with Crippen molar-refractivity contribution in [2.45, 2.75) is 39.8 Å². The summed E-state index contributed by atoms with van der Waals surface area (Å²) in [6.45, 7) is 8.72. The summed E-state index contributed by atoms with van der Waals surface area (Å²) in [4.78, 5) is 40.0. The molecule has 1 aliphatic heterocycles. The van der Waals surface area contributed by atoms with Gasteiger partial charge < -0.3 is 20.1 Å². The molecule has 3 aromatic rings. The minimum Gasteiger partial charge on any atom is -0.352 e. The van der Waals surface area contributed by atoms with E-state index in [1.807, 2.05) is 35.4 Å². The predicted octanol–water partition coefficient (Wildman–Crippen LogP) is 3.03. The number of aromatic amines is 1. The van der Waals surface area contributed by atoms with Gasteiger partial charge in [-0.05, 0) is 32.0 Å². The van der Waals surface area contributed by atoms with E-state index in [2.05, 4.69) is 34.0 Å². The van der Waals surface area contributed by atoms with Crippen LogP contribution < -0.4 is 10.2 Å². The number of fused-ring (bicyclic) bond motifs is 1. The zero-order chi connectivity index (χ0) is 21.4. The summed E-state index contributed by atoms with van der Waals surface area (Å²) in [6.07, 6.45) is 3.52. The summed E-state index contributed by atoms with van der Waals surface area (Å²) in [6, 6.07) is 8.11. The molecule has 8 heteroatoms. The number of hydrogen-bond acceptors (Lipinski definition) is 5. The Morgan fingerprint density at radius 2 is 1.90 bits per heavy atom. The van der Waals surface area contributed by atoms with Gasteiger partial charge in [0.05, 0.1) is 17.6 Å². The molecule has 2 amide bonds. The Kier molecular flexibility index (Phi) is 5.15. The molecule has 0 spiro atoms. The highest BCUT2D eigenvalue weighted by Crippen LogP contribution is 2.30. The van der Waals surface area contributed by atoms with Gasteiger partial charge in [-0.2, -0.15) is 0 Å². The van der Waals surface area contributed by atoms with Crippen LogP contribution in [0.4, 0.5) is 11.5 Å². The van der Waals surface area contributed by atoms with Gasteiger partial charge in [-0.25, -0.2) is 9.97 Å². The van der Waals surface area contributed by atoms with Crippen molar-refractivity contribution in [1.29, 1.82) is 0 Å². The summed E-state index contributed by atoms with van der Waals surface area (Å²) in [5.74, 6) is 0.855. The molecule has 0 aliphatic carbocycles. The van der Waals surface area contributed by atoms with Gasteiger partial charge in [-0.3, -0.25) is 9.59 Å². The van der Waals surface area contributed by atoms with Crippen LogP contribution in [0.1, 0.15) is 27.7 Å². The van der Waals surface area contributed by atoms with E-state index >= 15 is 0 Å². The first-order valence-electron chi connectivity index (χ1n) is 10.1. The Hall–Kier alpha value is -3.42. The number of carbonyl (C=O) groups is 2. The van der Waals surface area contributed by atoms with Crippen molar-refractivity contribution in [3.8, 4) is 11.3 Å². The highest BCUT2D eigenvalue weighted by Gasteiger charge is 2.31. The third kappa shape index (κ3) is 3.72. The van der Waals surface area contributed by atoms with E-state index in [0.29, 0.717) is 5.69 Å². The Morgan fingerprint density at radius 3 is 2.57 bits per heavy atom. The van der Waals surface area contributed by atoms with Crippen molar-refractivity contribution in [2.75, 3.05) is 23.3 Å². The van der Waals surface area contributed by atoms with Crippen LogP contribution >= 0.6 is 0 Å². The second-order valence-corrected chi connectivity index (χ2v) is 7.91. The van der Waals surface area contributed by atoms with E-state index in [4.69, 9.17) is 4.98 Å². The topological polar surface area (TPSA) is 94.2 Å². The molecule has 4 heterocycles. The van der Waals surface area contributed by atoms with E-state index in [1.54, 1.807) is 13.1 Å². The maximum absolute atomic E-state index is 11.9. The van der Waals surface area contributed by atoms with E-state index < -0.39 is 0 Å². The van der Waals surface area contributed by atoms with Gasteiger partial charge in [0.2, 0.25) is 11.8 Å². The van der Waals surface area contributed by atoms with Gasteiger partial charge >= 0.3 is 0 Å². The molecule has 2 N–H and O–H groups in total. The molecule has 1 saturated heterocycles. The molecule has 0 bridgehead atoms. The van der Waals surface area contributed by atoms with E-state index in [0.717, 1.165) is 41.2 Å². The smallest absolute Gasteiger partial charge is 0.221 e. The Morgan fingerprint density at radius 1 is 1.17 bits per heavy atom. The molecule has 0 aromatic carbocycles. The molecular weight excluding hydrogens is 380 g/mol. The molecule has 0 unspecified atom stereocenters. The monoisotopic (exact) mass is 406 g/mol. The van der Waals surface area contributed by atoms with Crippen molar-refractivity contribution in [3.05, 3.63) is 36.7 Å². The fraction of sp³-hybridized carbons (Fsp3) is 0.364. The molecule has 3 aromatic heterocycles. The Bertz CT molecular complexity index is 1100. The van der Waals surface area contributed by atoms with Crippen molar-refractivity contribution in [3.63, 3.8) is 0 Å². The molecule has 30 heavy (non-hydrogen) atoms. The lowest BCUT2D eigenvalue weighted by Crippen LogP contribution is -2.58. The first-order valence-corrected chi connectivity index (χ1v) is 10.1. The molecular formula is C22H26N6O2. The summed E-state index contributed by atoms with van der Waals surface area (Å²) >= 11 is 0. The number of H-pyrrole nitrogens is 1. The minimum absolute atomic E-state index is 0.109. The first kappa shape index (κ1) is 19.9. The largest absolute Gasteiger partial charge is 0.352 e. The zero-order valence-corrected chi connectivity index (χ0v) is 17.6. The lowest BCUT2D eigenvalue weighted by molar-refractivity contribution is -0.133. The van der Waals surface area contributed by atoms with Crippen LogP contribution in [0.2, 0.25) is 0 Å². The summed E-state index contributed by atoms with van der Waals surface area (Å²) in [5, 5.41) is 3.67. The van der Waals surface area contributed by atoms with E-state index in [1.165, 1.54) is 6.92 Å². The number of amides is 2. The molecule has 4 rings (SSSR count). The van der Waals surface area contributed by atoms with Crippen molar-refractivity contribution in [1.82, 2.24) is 19.9 Å². The van der Waals surface area contributed by atoms with E-state index in [9.17, 15) is 9.59 Å². The zero-order valence-electron chi connectivity index (χ0n) is 17.6. The number of pyridine rings is 2. The summed E-state index contributed by atoms with van der Waals surface area (Å²) in [5.41, 5.74) is 3.14. The fourth-order valence-corrected chi connectivity index (χ4v) is 4.37. The maximum atomic E-state index is 11.9. The normalized spacial score (nSPS) is 19.2. The van der Waals surface area contributed by atoms with Gasteiger partial charge in [0.25, 0.3) is 0 Å². The van der Waals surface area contributed by atoms with Crippen LogP contribution in [0, 0.1) is 0 Å². The fourth-order valence-electron chi connectivity index (χ4n) is 4.37. The van der Waals surface area contributed by atoms with Gasteiger partial charge in [-0.1, -0.05) is 6.07 Å². The van der Waals surface area contributed by atoms with Crippen molar-refractivity contribution in [2.24, 2.45) is 0 Å². The molecule has 0 saturated carbocycles. The average Bonchev–Trinajstić information content (AvgIpc) is 3.10. The van der Waals surface area contributed by atoms with Crippen LogP contribution in [0.15, 0.2) is 36.7 Å². The number of anilines is 2. The highest BCUT2D eigenvalue weighted by molar-refractivity contribution is 5.97. The molecule has 8 nitrogen and oxygen atoms in total. The van der Waals surface area contributed by atoms with Gasteiger partial charge in [0.1, 0.15) is 11.5 Å². The Labute approximate surface area is 175 Å². The summed E-state index contributed by atoms with van der Waals surface area (Å²) < 4.78 is 0. The second-order valence-electron chi connectivity index (χ2n) is 7.91. The number of rotatable bonds is 3. The number of hydrogen-bond donors (Lipinski definition) is 2. The minimum atomic E-state index is -0.138. The van der Waals surface area contributed by atoms with E-state index in [-0.39, 0.29) is 23.9 Å². The quantitative estimate of drug-likeness (QED) is 0.697.